The molecule has 3 rings (SSSR count). The SMILES string of the molecule is COc1ccccc1C1CNCCN1S(=O)(=O)c1cccs1. The van der Waals surface area contributed by atoms with Crippen LogP contribution in [-0.4, -0.2) is 39.5 Å². The van der Waals surface area contributed by atoms with Gasteiger partial charge in [-0.25, -0.2) is 8.42 Å². The Kier molecular flexibility index (Phi) is 4.49. The van der Waals surface area contributed by atoms with Crippen molar-refractivity contribution in [1.82, 2.24) is 9.62 Å². The van der Waals surface area contributed by atoms with Gasteiger partial charge in [0.1, 0.15) is 9.96 Å². The van der Waals surface area contributed by atoms with Crippen molar-refractivity contribution in [3.05, 3.63) is 47.3 Å². The van der Waals surface area contributed by atoms with Crippen LogP contribution in [0.3, 0.4) is 0 Å². The fourth-order valence-electron chi connectivity index (χ4n) is 2.71. The van der Waals surface area contributed by atoms with Gasteiger partial charge in [0, 0.05) is 25.2 Å². The van der Waals surface area contributed by atoms with E-state index in [9.17, 15) is 8.42 Å². The lowest BCUT2D eigenvalue weighted by molar-refractivity contribution is 0.265. The van der Waals surface area contributed by atoms with Gasteiger partial charge in [-0.2, -0.15) is 4.31 Å². The topological polar surface area (TPSA) is 58.6 Å². The number of sulfonamides is 1. The molecule has 0 spiro atoms. The van der Waals surface area contributed by atoms with Crippen LogP contribution in [0.2, 0.25) is 0 Å². The van der Waals surface area contributed by atoms with Gasteiger partial charge in [-0.3, -0.25) is 0 Å². The molecule has 1 aromatic carbocycles. The fourth-order valence-corrected chi connectivity index (χ4v) is 5.43. The van der Waals surface area contributed by atoms with Gasteiger partial charge in [-0.1, -0.05) is 24.3 Å². The first-order chi connectivity index (χ1) is 10.6. The number of nitrogens with one attached hydrogen (secondary N) is 1. The van der Waals surface area contributed by atoms with Gasteiger partial charge in [0.2, 0.25) is 0 Å². The number of ether oxygens (including phenoxy) is 1. The van der Waals surface area contributed by atoms with Gasteiger partial charge in [0.25, 0.3) is 10.0 Å². The van der Waals surface area contributed by atoms with E-state index in [0.717, 1.165) is 5.56 Å². The summed E-state index contributed by atoms with van der Waals surface area (Å²) in [7, 11) is -1.88. The molecule has 0 radical (unpaired) electrons. The summed E-state index contributed by atoms with van der Waals surface area (Å²) in [5.41, 5.74) is 0.886. The van der Waals surface area contributed by atoms with Crippen molar-refractivity contribution in [3.63, 3.8) is 0 Å². The summed E-state index contributed by atoms with van der Waals surface area (Å²) in [4.78, 5) is 0. The first-order valence-electron chi connectivity index (χ1n) is 7.03. The molecule has 0 amide bonds. The summed E-state index contributed by atoms with van der Waals surface area (Å²) in [6, 6.07) is 10.7. The number of nitrogens with zero attached hydrogens (tertiary/aromatic N) is 1. The number of benzene rings is 1. The number of hydrogen-bond donors (Lipinski definition) is 1. The number of thiophene rings is 1. The van der Waals surface area contributed by atoms with Crippen LogP contribution < -0.4 is 10.1 Å². The highest BCUT2D eigenvalue weighted by Gasteiger charge is 2.36. The normalized spacial score (nSPS) is 20.0. The number of hydrogen-bond acceptors (Lipinski definition) is 5. The van der Waals surface area contributed by atoms with E-state index in [2.05, 4.69) is 5.32 Å². The molecule has 0 saturated carbocycles. The summed E-state index contributed by atoms with van der Waals surface area (Å²) < 4.78 is 33.2. The minimum absolute atomic E-state index is 0.267. The minimum Gasteiger partial charge on any atom is -0.496 e. The molecule has 118 valence electrons. The maximum atomic E-state index is 12.9. The lowest BCUT2D eigenvalue weighted by Gasteiger charge is -2.35. The molecular formula is C15H18N2O3S2. The Morgan fingerprint density at radius 3 is 2.82 bits per heavy atom. The second-order valence-corrected chi connectivity index (χ2v) is 8.07. The third-order valence-corrected chi connectivity index (χ3v) is 7.03. The predicted molar refractivity (Wildman–Crippen MR) is 86.8 cm³/mol. The maximum Gasteiger partial charge on any atom is 0.253 e. The molecule has 1 N–H and O–H groups in total. The summed E-state index contributed by atoms with van der Waals surface area (Å²) in [5, 5.41) is 5.06. The van der Waals surface area contributed by atoms with Crippen molar-refractivity contribution in [2.45, 2.75) is 10.3 Å². The zero-order valence-corrected chi connectivity index (χ0v) is 13.9. The smallest absolute Gasteiger partial charge is 0.253 e. The highest BCUT2D eigenvalue weighted by Crippen LogP contribution is 2.34. The molecule has 1 atom stereocenters. The molecule has 0 bridgehead atoms. The Bertz CT molecular complexity index is 729. The summed E-state index contributed by atoms with van der Waals surface area (Å²) in [5.74, 6) is 0.711. The van der Waals surface area contributed by atoms with Gasteiger partial charge in [0.15, 0.2) is 0 Å². The highest BCUT2D eigenvalue weighted by atomic mass is 32.2. The molecule has 0 aliphatic carbocycles. The van der Waals surface area contributed by atoms with Crippen molar-refractivity contribution in [2.75, 3.05) is 26.7 Å². The Hall–Kier alpha value is -1.41. The second kappa shape index (κ2) is 6.37. The van der Waals surface area contributed by atoms with E-state index in [4.69, 9.17) is 4.74 Å². The first-order valence-corrected chi connectivity index (χ1v) is 9.35. The van der Waals surface area contributed by atoms with Crippen LogP contribution >= 0.6 is 11.3 Å². The molecule has 1 fully saturated rings. The predicted octanol–water partition coefficient (Wildman–Crippen LogP) is 2.09. The monoisotopic (exact) mass is 338 g/mol. The molecule has 1 aromatic heterocycles. The van der Waals surface area contributed by atoms with Crippen LogP contribution in [0, 0.1) is 0 Å². The molecule has 1 unspecified atom stereocenters. The standard InChI is InChI=1S/C15H18N2O3S2/c1-20-14-6-3-2-5-12(14)13-11-16-8-9-17(13)22(18,19)15-7-4-10-21-15/h2-7,10,13,16H,8-9,11H2,1H3. The molecule has 1 saturated heterocycles. The molecule has 5 nitrogen and oxygen atoms in total. The van der Waals surface area contributed by atoms with Crippen LogP contribution in [0.25, 0.3) is 0 Å². The molecule has 22 heavy (non-hydrogen) atoms. The zero-order chi connectivity index (χ0) is 15.6. The molecule has 2 aromatic rings. The van der Waals surface area contributed by atoms with E-state index in [0.29, 0.717) is 29.6 Å². The molecule has 1 aliphatic heterocycles. The van der Waals surface area contributed by atoms with Crippen LogP contribution in [0.5, 0.6) is 5.75 Å². The van der Waals surface area contributed by atoms with E-state index >= 15 is 0 Å². The lowest BCUT2D eigenvalue weighted by atomic mass is 10.0. The Morgan fingerprint density at radius 2 is 2.09 bits per heavy atom. The van der Waals surface area contributed by atoms with Crippen molar-refractivity contribution in [3.8, 4) is 5.75 Å². The largest absolute Gasteiger partial charge is 0.496 e. The molecule has 1 aliphatic rings. The zero-order valence-electron chi connectivity index (χ0n) is 12.2. The van der Waals surface area contributed by atoms with Crippen molar-refractivity contribution >= 4 is 21.4 Å². The molecular weight excluding hydrogens is 320 g/mol. The number of rotatable bonds is 4. The van der Waals surface area contributed by atoms with Gasteiger partial charge in [-0.05, 0) is 17.5 Å². The molecule has 2 heterocycles. The number of para-hydroxylation sites is 1. The quantitative estimate of drug-likeness (QED) is 0.927. The van der Waals surface area contributed by atoms with Crippen LogP contribution in [-0.2, 0) is 10.0 Å². The highest BCUT2D eigenvalue weighted by molar-refractivity contribution is 7.91. The summed E-state index contributed by atoms with van der Waals surface area (Å²) in [6.07, 6.45) is 0. The summed E-state index contributed by atoms with van der Waals surface area (Å²) >= 11 is 1.25. The first kappa shape index (κ1) is 15.5. The molecule has 7 heteroatoms. The van der Waals surface area contributed by atoms with Gasteiger partial charge in [-0.15, -0.1) is 11.3 Å². The van der Waals surface area contributed by atoms with Crippen molar-refractivity contribution in [2.24, 2.45) is 0 Å². The minimum atomic E-state index is -3.48. The van der Waals surface area contributed by atoms with E-state index in [1.807, 2.05) is 24.3 Å². The maximum absolute atomic E-state index is 12.9. The van der Waals surface area contributed by atoms with E-state index in [1.54, 1.807) is 28.9 Å². The van der Waals surface area contributed by atoms with Crippen LogP contribution in [0.4, 0.5) is 0 Å². The van der Waals surface area contributed by atoms with E-state index in [-0.39, 0.29) is 6.04 Å². The van der Waals surface area contributed by atoms with Crippen LogP contribution in [0.1, 0.15) is 11.6 Å². The van der Waals surface area contributed by atoms with Gasteiger partial charge >= 0.3 is 0 Å². The Balaban J connectivity index is 2.02. The van der Waals surface area contributed by atoms with Gasteiger partial charge < -0.3 is 10.1 Å². The average Bonchev–Trinajstić information content (AvgIpc) is 3.10. The van der Waals surface area contributed by atoms with Crippen LogP contribution in [0.15, 0.2) is 46.0 Å². The number of piperazine rings is 1. The summed E-state index contributed by atoms with van der Waals surface area (Å²) in [6.45, 7) is 1.67. The third kappa shape index (κ3) is 2.77. The lowest BCUT2D eigenvalue weighted by Crippen LogP contribution is -2.48. The average molecular weight is 338 g/mol. The van der Waals surface area contributed by atoms with E-state index < -0.39 is 10.0 Å². The van der Waals surface area contributed by atoms with Crippen molar-refractivity contribution < 1.29 is 13.2 Å². The van der Waals surface area contributed by atoms with Gasteiger partial charge in [0.05, 0.1) is 13.2 Å². The Morgan fingerprint density at radius 1 is 1.27 bits per heavy atom. The Labute approximate surface area is 134 Å². The third-order valence-electron chi connectivity index (χ3n) is 3.75. The number of methoxy groups -OCH3 is 1. The van der Waals surface area contributed by atoms with Crippen molar-refractivity contribution in [1.29, 1.82) is 0 Å². The second-order valence-electron chi connectivity index (χ2n) is 5.01. The fraction of sp³-hybridized carbons (Fsp3) is 0.333. The van der Waals surface area contributed by atoms with E-state index in [1.165, 1.54) is 11.3 Å².